The number of hydrogen-bond donors (Lipinski definition) is 1. The highest BCUT2D eigenvalue weighted by molar-refractivity contribution is 6.30. The largest absolute Gasteiger partial charge is 0.493 e. The van der Waals surface area contributed by atoms with Gasteiger partial charge < -0.3 is 15.2 Å². The van der Waals surface area contributed by atoms with Crippen molar-refractivity contribution >= 4 is 23.6 Å². The fraction of sp³-hybridized carbons (Fsp3) is 0.111. The third-order valence-electron chi connectivity index (χ3n) is 3.17. The smallest absolute Gasteiger partial charge is 0.259 e. The number of carbonyl (C=O) groups is 1. The Morgan fingerprint density at radius 3 is 2.71 bits per heavy atom. The van der Waals surface area contributed by atoms with Gasteiger partial charge in [-0.15, -0.1) is 0 Å². The highest BCUT2D eigenvalue weighted by Gasteiger charge is 2.08. The molecule has 0 aliphatic rings. The number of hydrogen-bond acceptors (Lipinski definition) is 4. The number of carbonyl (C=O) groups excluding carboxylic acids is 1. The Balaban J connectivity index is 2.20. The van der Waals surface area contributed by atoms with Gasteiger partial charge in [-0.05, 0) is 41.5 Å². The molecule has 0 bridgehead atoms. The molecule has 0 aliphatic heterocycles. The molecule has 0 heterocycles. The van der Waals surface area contributed by atoms with Crippen LogP contribution < -0.4 is 15.2 Å². The highest BCUT2D eigenvalue weighted by Crippen LogP contribution is 2.29. The van der Waals surface area contributed by atoms with E-state index in [0.29, 0.717) is 28.7 Å². The van der Waals surface area contributed by atoms with Crippen LogP contribution >= 0.6 is 11.6 Å². The number of nitrogens with two attached hydrogens (primary N) is 1. The lowest BCUT2D eigenvalue weighted by Crippen LogP contribution is -2.12. The molecule has 2 aromatic rings. The number of benzene rings is 2. The first kappa shape index (κ1) is 17.4. The second kappa shape index (κ2) is 8.04. The molecule has 0 fully saturated rings. The van der Waals surface area contributed by atoms with Crippen LogP contribution in [0.25, 0.3) is 6.08 Å². The standard InChI is InChI=1S/C18H15ClN2O3/c1-23-17-9-12(7-14(10-20)18(21)22)5-6-16(17)24-11-13-3-2-4-15(19)8-13/h2-9H,11H2,1H3,(H2,21,22)/b14-7+. The van der Waals surface area contributed by atoms with Crippen LogP contribution in [0.15, 0.2) is 48.0 Å². The van der Waals surface area contributed by atoms with Crippen LogP contribution in [-0.4, -0.2) is 13.0 Å². The molecule has 6 heteroatoms. The van der Waals surface area contributed by atoms with E-state index in [2.05, 4.69) is 0 Å². The Bertz CT molecular complexity index is 825. The van der Waals surface area contributed by atoms with Gasteiger partial charge in [0.25, 0.3) is 5.91 Å². The van der Waals surface area contributed by atoms with Crippen LogP contribution in [-0.2, 0) is 11.4 Å². The van der Waals surface area contributed by atoms with Crippen molar-refractivity contribution in [3.05, 3.63) is 64.2 Å². The first-order valence-corrected chi connectivity index (χ1v) is 7.38. The van der Waals surface area contributed by atoms with Crippen LogP contribution in [0.3, 0.4) is 0 Å². The van der Waals surface area contributed by atoms with Gasteiger partial charge in [0.2, 0.25) is 0 Å². The maximum atomic E-state index is 11.1. The third kappa shape index (κ3) is 4.51. The Kier molecular flexibility index (Phi) is 5.83. The lowest BCUT2D eigenvalue weighted by molar-refractivity contribution is -0.114. The van der Waals surface area contributed by atoms with Crippen molar-refractivity contribution in [2.45, 2.75) is 6.61 Å². The maximum Gasteiger partial charge on any atom is 0.259 e. The van der Waals surface area contributed by atoms with Gasteiger partial charge in [0.15, 0.2) is 11.5 Å². The van der Waals surface area contributed by atoms with Gasteiger partial charge in [-0.1, -0.05) is 29.8 Å². The second-order valence-electron chi connectivity index (χ2n) is 4.86. The van der Waals surface area contributed by atoms with Gasteiger partial charge in [0, 0.05) is 5.02 Å². The monoisotopic (exact) mass is 342 g/mol. The molecule has 0 radical (unpaired) electrons. The van der Waals surface area contributed by atoms with Gasteiger partial charge in [0.1, 0.15) is 18.2 Å². The maximum absolute atomic E-state index is 11.1. The summed E-state index contributed by atoms with van der Waals surface area (Å²) in [5.41, 5.74) is 6.52. The molecule has 5 nitrogen and oxygen atoms in total. The third-order valence-corrected chi connectivity index (χ3v) is 3.40. The summed E-state index contributed by atoms with van der Waals surface area (Å²) in [5, 5.41) is 9.52. The van der Waals surface area contributed by atoms with Crippen molar-refractivity contribution in [1.29, 1.82) is 5.26 Å². The zero-order valence-corrected chi connectivity index (χ0v) is 13.7. The average molecular weight is 343 g/mol. The summed E-state index contributed by atoms with van der Waals surface area (Å²) in [5.74, 6) is 0.234. The van der Waals surface area contributed by atoms with Crippen LogP contribution in [0.1, 0.15) is 11.1 Å². The molecule has 0 saturated carbocycles. The van der Waals surface area contributed by atoms with E-state index in [1.807, 2.05) is 18.2 Å². The number of amides is 1. The van der Waals surface area contributed by atoms with Crippen molar-refractivity contribution in [3.8, 4) is 17.6 Å². The number of halogens is 1. The van der Waals surface area contributed by atoms with Crippen LogP contribution in [0.5, 0.6) is 11.5 Å². The summed E-state index contributed by atoms with van der Waals surface area (Å²) in [6, 6.07) is 14.2. The second-order valence-corrected chi connectivity index (χ2v) is 5.30. The first-order chi connectivity index (χ1) is 11.5. The molecule has 0 saturated heterocycles. The minimum absolute atomic E-state index is 0.135. The van der Waals surface area contributed by atoms with Gasteiger partial charge in [-0.25, -0.2) is 0 Å². The Morgan fingerprint density at radius 1 is 1.29 bits per heavy atom. The zero-order chi connectivity index (χ0) is 17.5. The van der Waals surface area contributed by atoms with E-state index in [4.69, 9.17) is 32.1 Å². The molecule has 1 amide bonds. The molecule has 2 rings (SSSR count). The Morgan fingerprint density at radius 2 is 2.08 bits per heavy atom. The molecular weight excluding hydrogens is 328 g/mol. The van der Waals surface area contributed by atoms with E-state index in [1.54, 1.807) is 30.3 Å². The summed E-state index contributed by atoms with van der Waals surface area (Å²) in [7, 11) is 1.51. The first-order valence-electron chi connectivity index (χ1n) is 7.00. The predicted molar refractivity (Wildman–Crippen MR) is 91.6 cm³/mol. The lowest BCUT2D eigenvalue weighted by atomic mass is 10.1. The topological polar surface area (TPSA) is 85.3 Å². The summed E-state index contributed by atoms with van der Waals surface area (Å²) >= 11 is 5.94. The van der Waals surface area contributed by atoms with E-state index < -0.39 is 5.91 Å². The molecule has 2 N–H and O–H groups in total. The van der Waals surface area contributed by atoms with Crippen molar-refractivity contribution in [2.75, 3.05) is 7.11 Å². The molecule has 122 valence electrons. The van der Waals surface area contributed by atoms with Gasteiger partial charge in [-0.3, -0.25) is 4.79 Å². The summed E-state index contributed by atoms with van der Waals surface area (Å²) in [6.07, 6.45) is 1.39. The summed E-state index contributed by atoms with van der Waals surface area (Å²) in [4.78, 5) is 11.1. The fourth-order valence-corrected chi connectivity index (χ4v) is 2.22. The number of methoxy groups -OCH3 is 1. The molecule has 0 unspecified atom stereocenters. The number of ether oxygens (including phenoxy) is 2. The Hall–Kier alpha value is -2.97. The average Bonchev–Trinajstić information content (AvgIpc) is 2.58. The van der Waals surface area contributed by atoms with Gasteiger partial charge in [0.05, 0.1) is 7.11 Å². The molecule has 0 aliphatic carbocycles. The SMILES string of the molecule is COc1cc(/C=C(\C#N)C(N)=O)ccc1OCc1cccc(Cl)c1. The van der Waals surface area contributed by atoms with Crippen molar-refractivity contribution in [2.24, 2.45) is 5.73 Å². The molecule has 24 heavy (non-hydrogen) atoms. The molecule has 2 aromatic carbocycles. The highest BCUT2D eigenvalue weighted by atomic mass is 35.5. The zero-order valence-electron chi connectivity index (χ0n) is 13.0. The van der Waals surface area contributed by atoms with Crippen LogP contribution in [0.4, 0.5) is 0 Å². The summed E-state index contributed by atoms with van der Waals surface area (Å²) < 4.78 is 11.0. The molecule has 0 aromatic heterocycles. The van der Waals surface area contributed by atoms with E-state index in [9.17, 15) is 4.79 Å². The molecule has 0 spiro atoms. The summed E-state index contributed by atoms with van der Waals surface area (Å²) in [6.45, 7) is 0.330. The van der Waals surface area contributed by atoms with Gasteiger partial charge >= 0.3 is 0 Å². The predicted octanol–water partition coefficient (Wildman–Crippen LogP) is 3.32. The van der Waals surface area contributed by atoms with Crippen molar-refractivity contribution in [1.82, 2.24) is 0 Å². The number of nitrogens with zero attached hydrogens (tertiary/aromatic N) is 1. The number of rotatable bonds is 6. The van der Waals surface area contributed by atoms with Gasteiger partial charge in [-0.2, -0.15) is 5.26 Å². The van der Waals surface area contributed by atoms with Crippen molar-refractivity contribution in [3.63, 3.8) is 0 Å². The minimum Gasteiger partial charge on any atom is -0.493 e. The number of nitriles is 1. The minimum atomic E-state index is -0.780. The van der Waals surface area contributed by atoms with E-state index >= 15 is 0 Å². The van der Waals surface area contributed by atoms with E-state index in [0.717, 1.165) is 5.56 Å². The van der Waals surface area contributed by atoms with Crippen molar-refractivity contribution < 1.29 is 14.3 Å². The van der Waals surface area contributed by atoms with Crippen LogP contribution in [0.2, 0.25) is 5.02 Å². The quantitative estimate of drug-likeness (QED) is 0.644. The van der Waals surface area contributed by atoms with E-state index in [-0.39, 0.29) is 5.57 Å². The normalized spacial score (nSPS) is 10.8. The van der Waals surface area contributed by atoms with E-state index in [1.165, 1.54) is 13.2 Å². The van der Waals surface area contributed by atoms with Crippen LogP contribution in [0, 0.1) is 11.3 Å². The lowest BCUT2D eigenvalue weighted by Gasteiger charge is -2.11. The fourth-order valence-electron chi connectivity index (χ4n) is 2.01. The Labute approximate surface area is 144 Å². The molecular formula is C18H15ClN2O3. The number of primary amides is 1. The molecule has 0 atom stereocenters.